The van der Waals surface area contributed by atoms with Gasteiger partial charge >= 0.3 is 0 Å². The van der Waals surface area contributed by atoms with Crippen LogP contribution in [-0.2, 0) is 18.2 Å². The van der Waals surface area contributed by atoms with E-state index in [1.54, 1.807) is 0 Å². The summed E-state index contributed by atoms with van der Waals surface area (Å²) in [5.41, 5.74) is 2.23. The molecule has 2 N–H and O–H groups in total. The zero-order valence-corrected chi connectivity index (χ0v) is 19.1. The fraction of sp³-hybridized carbons (Fsp3) is 0.583. The fourth-order valence-corrected chi connectivity index (χ4v) is 3.16. The number of benzene rings is 1. The molecular formula is C24H37N5O2. The highest BCUT2D eigenvalue weighted by molar-refractivity contribution is 5.93. The molecule has 0 amide bonds. The molecule has 31 heavy (non-hydrogen) atoms. The average molecular weight is 428 g/mol. The Morgan fingerprint density at radius 2 is 2.03 bits per heavy atom. The highest BCUT2D eigenvalue weighted by atomic mass is 16.5. The molecule has 1 saturated carbocycles. The number of anilines is 1. The summed E-state index contributed by atoms with van der Waals surface area (Å²) in [5, 5.41) is 11.1. The van der Waals surface area contributed by atoms with Gasteiger partial charge < -0.3 is 20.1 Å². The molecule has 1 heterocycles. The summed E-state index contributed by atoms with van der Waals surface area (Å²) < 4.78 is 13.3. The van der Waals surface area contributed by atoms with E-state index >= 15 is 0 Å². The van der Waals surface area contributed by atoms with E-state index in [4.69, 9.17) is 14.5 Å². The summed E-state index contributed by atoms with van der Waals surface area (Å²) in [6, 6.07) is 7.99. The quantitative estimate of drug-likeness (QED) is 0.287. The van der Waals surface area contributed by atoms with Crippen molar-refractivity contribution in [1.82, 2.24) is 15.1 Å². The smallest absolute Gasteiger partial charge is 0.195 e. The van der Waals surface area contributed by atoms with E-state index in [0.29, 0.717) is 0 Å². The van der Waals surface area contributed by atoms with Gasteiger partial charge in [-0.1, -0.05) is 0 Å². The van der Waals surface area contributed by atoms with Crippen molar-refractivity contribution >= 4 is 11.6 Å². The zero-order valence-electron chi connectivity index (χ0n) is 19.1. The number of aliphatic imine (C=N–C) groups is 1. The maximum absolute atomic E-state index is 5.73. The molecule has 170 valence electrons. The normalized spacial score (nSPS) is 14.1. The topological polar surface area (TPSA) is 72.7 Å². The lowest BCUT2D eigenvalue weighted by molar-refractivity contribution is 0.123. The Morgan fingerprint density at radius 3 is 2.71 bits per heavy atom. The molecule has 0 spiro atoms. The van der Waals surface area contributed by atoms with Crippen LogP contribution in [-0.4, -0.2) is 48.1 Å². The van der Waals surface area contributed by atoms with Crippen molar-refractivity contribution in [2.24, 2.45) is 18.0 Å². The standard InChI is InChI=1S/C24H37N5O2/c1-19(2)31-23-11-9-22(10-12-23)28-24(26-14-5-15-30-18-20-7-8-20)25-13-4-6-21-16-27-29(3)17-21/h9-12,16-17,19-20H,4-8,13-15,18H2,1-3H3,(H2,25,26,28). The van der Waals surface area contributed by atoms with E-state index in [1.807, 2.05) is 56.0 Å². The van der Waals surface area contributed by atoms with Crippen LogP contribution in [0.5, 0.6) is 5.75 Å². The van der Waals surface area contributed by atoms with E-state index in [1.165, 1.54) is 18.4 Å². The van der Waals surface area contributed by atoms with Gasteiger partial charge in [0.05, 0.1) is 12.3 Å². The number of guanidine groups is 1. The molecule has 0 bridgehead atoms. The number of nitrogens with zero attached hydrogens (tertiary/aromatic N) is 3. The maximum Gasteiger partial charge on any atom is 0.195 e. The molecule has 0 unspecified atom stereocenters. The third kappa shape index (κ3) is 9.42. The molecule has 1 aliphatic carbocycles. The van der Waals surface area contributed by atoms with Crippen molar-refractivity contribution in [2.45, 2.75) is 52.1 Å². The molecule has 1 aromatic heterocycles. The molecule has 3 rings (SSSR count). The van der Waals surface area contributed by atoms with Gasteiger partial charge in [-0.05, 0) is 81.7 Å². The Kier molecular flexibility index (Phi) is 9.21. The lowest BCUT2D eigenvalue weighted by Crippen LogP contribution is -2.32. The minimum Gasteiger partial charge on any atom is -0.491 e. The summed E-state index contributed by atoms with van der Waals surface area (Å²) in [6.07, 6.45) is 9.72. The van der Waals surface area contributed by atoms with Crippen LogP contribution in [0.3, 0.4) is 0 Å². The molecule has 1 aliphatic rings. The predicted molar refractivity (Wildman–Crippen MR) is 126 cm³/mol. The van der Waals surface area contributed by atoms with Crippen molar-refractivity contribution in [2.75, 3.05) is 31.6 Å². The van der Waals surface area contributed by atoms with E-state index in [0.717, 1.165) is 68.9 Å². The van der Waals surface area contributed by atoms with Crippen molar-refractivity contribution in [1.29, 1.82) is 0 Å². The number of ether oxygens (including phenoxy) is 2. The van der Waals surface area contributed by atoms with Gasteiger partial charge in [0.25, 0.3) is 0 Å². The minimum atomic E-state index is 0.166. The van der Waals surface area contributed by atoms with E-state index < -0.39 is 0 Å². The van der Waals surface area contributed by atoms with Gasteiger partial charge in [-0.25, -0.2) is 0 Å². The van der Waals surface area contributed by atoms with Gasteiger partial charge in [-0.15, -0.1) is 0 Å². The fourth-order valence-electron chi connectivity index (χ4n) is 3.16. The second kappa shape index (κ2) is 12.3. The molecule has 0 aliphatic heterocycles. The Bertz CT molecular complexity index is 797. The van der Waals surface area contributed by atoms with Crippen LogP contribution >= 0.6 is 0 Å². The second-order valence-electron chi connectivity index (χ2n) is 8.47. The van der Waals surface area contributed by atoms with Crippen LogP contribution in [0.2, 0.25) is 0 Å². The lowest BCUT2D eigenvalue weighted by atomic mass is 10.2. The second-order valence-corrected chi connectivity index (χ2v) is 8.47. The predicted octanol–water partition coefficient (Wildman–Crippen LogP) is 4.01. The van der Waals surface area contributed by atoms with Gasteiger partial charge in [-0.3, -0.25) is 9.67 Å². The van der Waals surface area contributed by atoms with Crippen molar-refractivity contribution in [3.05, 3.63) is 42.2 Å². The average Bonchev–Trinajstić information content (AvgIpc) is 3.48. The highest BCUT2D eigenvalue weighted by Gasteiger charge is 2.20. The maximum atomic E-state index is 5.73. The van der Waals surface area contributed by atoms with Gasteiger partial charge in [0.2, 0.25) is 0 Å². The van der Waals surface area contributed by atoms with Crippen molar-refractivity contribution in [3.63, 3.8) is 0 Å². The highest BCUT2D eigenvalue weighted by Crippen LogP contribution is 2.28. The molecule has 1 fully saturated rings. The van der Waals surface area contributed by atoms with Gasteiger partial charge in [-0.2, -0.15) is 5.10 Å². The van der Waals surface area contributed by atoms with E-state index in [2.05, 4.69) is 21.9 Å². The number of rotatable bonds is 13. The lowest BCUT2D eigenvalue weighted by Gasteiger charge is -2.14. The first-order valence-electron chi connectivity index (χ1n) is 11.5. The molecule has 7 nitrogen and oxygen atoms in total. The summed E-state index contributed by atoms with van der Waals surface area (Å²) in [4.78, 5) is 4.76. The number of aryl methyl sites for hydroxylation is 2. The minimum absolute atomic E-state index is 0.166. The first-order valence-corrected chi connectivity index (χ1v) is 11.5. The summed E-state index contributed by atoms with van der Waals surface area (Å²) in [6.45, 7) is 7.34. The van der Waals surface area contributed by atoms with Crippen LogP contribution in [0.25, 0.3) is 0 Å². The van der Waals surface area contributed by atoms with E-state index in [9.17, 15) is 0 Å². The van der Waals surface area contributed by atoms with Crippen molar-refractivity contribution in [3.8, 4) is 5.75 Å². The largest absolute Gasteiger partial charge is 0.491 e. The number of nitrogens with one attached hydrogen (secondary N) is 2. The first-order chi connectivity index (χ1) is 15.1. The van der Waals surface area contributed by atoms with Gasteiger partial charge in [0.15, 0.2) is 5.96 Å². The number of hydrogen-bond acceptors (Lipinski definition) is 4. The van der Waals surface area contributed by atoms with Gasteiger partial charge in [0.1, 0.15) is 5.75 Å². The number of hydrogen-bond donors (Lipinski definition) is 2. The third-order valence-corrected chi connectivity index (χ3v) is 4.95. The molecule has 2 aromatic rings. The Balaban J connectivity index is 1.46. The van der Waals surface area contributed by atoms with Crippen LogP contribution < -0.4 is 15.4 Å². The third-order valence-electron chi connectivity index (χ3n) is 4.95. The Hall–Kier alpha value is -2.54. The molecule has 0 radical (unpaired) electrons. The van der Waals surface area contributed by atoms with Crippen LogP contribution in [0.15, 0.2) is 41.7 Å². The van der Waals surface area contributed by atoms with Gasteiger partial charge in [0, 0.05) is 45.2 Å². The first kappa shape index (κ1) is 23.1. The SMILES string of the molecule is CC(C)Oc1ccc(NC(=NCCCc2cnn(C)c2)NCCCOCC2CC2)cc1. The van der Waals surface area contributed by atoms with Crippen molar-refractivity contribution < 1.29 is 9.47 Å². The number of aromatic nitrogens is 2. The molecule has 1 aromatic carbocycles. The monoisotopic (exact) mass is 427 g/mol. The van der Waals surface area contributed by atoms with E-state index in [-0.39, 0.29) is 6.10 Å². The Labute approximate surface area is 186 Å². The summed E-state index contributed by atoms with van der Waals surface area (Å²) >= 11 is 0. The summed E-state index contributed by atoms with van der Waals surface area (Å²) in [5.74, 6) is 2.48. The molecule has 0 atom stereocenters. The van der Waals surface area contributed by atoms with Crippen LogP contribution in [0, 0.1) is 5.92 Å². The van der Waals surface area contributed by atoms with Crippen LogP contribution in [0.1, 0.15) is 45.1 Å². The molecule has 0 saturated heterocycles. The molecular weight excluding hydrogens is 390 g/mol. The van der Waals surface area contributed by atoms with Crippen LogP contribution in [0.4, 0.5) is 5.69 Å². The summed E-state index contributed by atoms with van der Waals surface area (Å²) in [7, 11) is 1.94. The molecule has 7 heteroatoms. The zero-order chi connectivity index (χ0) is 21.9. The Morgan fingerprint density at radius 1 is 1.23 bits per heavy atom.